The Morgan fingerprint density at radius 1 is 0.914 bits per heavy atom. The van der Waals surface area contributed by atoms with E-state index in [1.165, 1.54) is 56.6 Å². The van der Waals surface area contributed by atoms with Gasteiger partial charge in [0.1, 0.15) is 11.6 Å². The zero-order chi connectivity index (χ0) is 24.0. The molecule has 0 radical (unpaired) electrons. The van der Waals surface area contributed by atoms with Crippen molar-refractivity contribution in [3.05, 3.63) is 78.0 Å². The van der Waals surface area contributed by atoms with Crippen LogP contribution in [0, 0.1) is 5.82 Å². The normalized spacial score (nSPS) is 17.3. The number of anilines is 2. The average Bonchev–Trinajstić information content (AvgIpc) is 2.93. The lowest BCUT2D eigenvalue weighted by Gasteiger charge is -2.41. The van der Waals surface area contributed by atoms with E-state index in [9.17, 15) is 9.18 Å². The van der Waals surface area contributed by atoms with Gasteiger partial charge in [0.25, 0.3) is 5.91 Å². The van der Waals surface area contributed by atoms with Gasteiger partial charge in [0, 0.05) is 44.1 Å². The SMILES string of the molecule is O=C(c1ccnnc1)N(Cc1ccc(N2CCN(C3CCCCC3)CC2)nc1)c1ccc(F)cc1. The zero-order valence-corrected chi connectivity index (χ0v) is 19.9. The zero-order valence-electron chi connectivity index (χ0n) is 19.9. The molecule has 2 fully saturated rings. The fourth-order valence-electron chi connectivity index (χ4n) is 5.12. The molecule has 7 nitrogen and oxygen atoms in total. The van der Waals surface area contributed by atoms with Crippen LogP contribution in [0.15, 0.2) is 61.1 Å². The number of nitrogens with zero attached hydrogens (tertiary/aromatic N) is 6. The van der Waals surface area contributed by atoms with Crippen LogP contribution in [0.4, 0.5) is 15.9 Å². The van der Waals surface area contributed by atoms with Crippen LogP contribution in [-0.2, 0) is 6.54 Å². The van der Waals surface area contributed by atoms with Crippen LogP contribution in [-0.4, -0.2) is 58.2 Å². The summed E-state index contributed by atoms with van der Waals surface area (Å²) in [7, 11) is 0. The first-order chi connectivity index (χ1) is 17.2. The Morgan fingerprint density at radius 3 is 2.34 bits per heavy atom. The maximum absolute atomic E-state index is 13.5. The van der Waals surface area contributed by atoms with E-state index >= 15 is 0 Å². The summed E-state index contributed by atoms with van der Waals surface area (Å²) in [6, 6.07) is 12.4. The van der Waals surface area contributed by atoms with Gasteiger partial charge in [-0.3, -0.25) is 9.69 Å². The lowest BCUT2D eigenvalue weighted by molar-refractivity contribution is 0.0984. The fourth-order valence-corrected chi connectivity index (χ4v) is 5.12. The highest BCUT2D eigenvalue weighted by molar-refractivity contribution is 6.05. The molecule has 0 atom stereocenters. The first-order valence-corrected chi connectivity index (χ1v) is 12.5. The van der Waals surface area contributed by atoms with E-state index in [0.717, 1.165) is 43.6 Å². The standard InChI is InChI=1S/C27H31FN6O/c28-23-7-9-25(10-8-23)34(27(35)22-12-13-30-31-19-22)20-21-6-11-26(29-18-21)33-16-14-32(15-17-33)24-4-2-1-3-5-24/h6-13,18-19,24H,1-5,14-17,20H2. The Bertz CT molecular complexity index is 1090. The predicted molar refractivity (Wildman–Crippen MR) is 134 cm³/mol. The number of pyridine rings is 1. The molecule has 8 heteroatoms. The summed E-state index contributed by atoms with van der Waals surface area (Å²) in [5.41, 5.74) is 1.93. The average molecular weight is 475 g/mol. The van der Waals surface area contributed by atoms with Crippen molar-refractivity contribution in [1.82, 2.24) is 20.1 Å². The van der Waals surface area contributed by atoms with Gasteiger partial charge in [-0.25, -0.2) is 9.37 Å². The largest absolute Gasteiger partial charge is 0.354 e. The number of rotatable bonds is 6. The molecular weight excluding hydrogens is 443 g/mol. The van der Waals surface area contributed by atoms with Gasteiger partial charge in [0.05, 0.1) is 24.5 Å². The van der Waals surface area contributed by atoms with Gasteiger partial charge in [-0.2, -0.15) is 10.2 Å². The number of aromatic nitrogens is 3. The Kier molecular flexibility index (Phi) is 7.28. The third-order valence-corrected chi connectivity index (χ3v) is 7.09. The molecule has 1 saturated carbocycles. The molecule has 1 saturated heterocycles. The van der Waals surface area contributed by atoms with Crippen molar-refractivity contribution in [1.29, 1.82) is 0 Å². The van der Waals surface area contributed by atoms with Crippen LogP contribution in [0.25, 0.3) is 0 Å². The number of halogens is 1. The van der Waals surface area contributed by atoms with Gasteiger partial charge in [0.2, 0.25) is 0 Å². The lowest BCUT2D eigenvalue weighted by atomic mass is 9.94. The molecule has 35 heavy (non-hydrogen) atoms. The molecule has 182 valence electrons. The van der Waals surface area contributed by atoms with Gasteiger partial charge in [0.15, 0.2) is 0 Å². The quantitative estimate of drug-likeness (QED) is 0.530. The molecule has 3 heterocycles. The highest BCUT2D eigenvalue weighted by Gasteiger charge is 2.26. The third kappa shape index (κ3) is 5.65. The first-order valence-electron chi connectivity index (χ1n) is 12.5. The van der Waals surface area contributed by atoms with E-state index in [1.807, 2.05) is 18.3 Å². The molecule has 3 aromatic rings. The van der Waals surface area contributed by atoms with Gasteiger partial charge in [-0.05, 0) is 54.8 Å². The van der Waals surface area contributed by atoms with Crippen LogP contribution in [0.1, 0.15) is 48.0 Å². The molecule has 1 amide bonds. The maximum Gasteiger partial charge on any atom is 0.260 e. The second-order valence-electron chi connectivity index (χ2n) is 9.34. The van der Waals surface area contributed by atoms with E-state index in [1.54, 1.807) is 23.1 Å². The minimum atomic E-state index is -0.346. The minimum Gasteiger partial charge on any atom is -0.354 e. The van der Waals surface area contributed by atoms with Crippen LogP contribution in [0.2, 0.25) is 0 Å². The van der Waals surface area contributed by atoms with Crippen molar-refractivity contribution in [2.45, 2.75) is 44.7 Å². The monoisotopic (exact) mass is 474 g/mol. The summed E-state index contributed by atoms with van der Waals surface area (Å²) in [5.74, 6) is 0.394. The number of carbonyl (C=O) groups is 1. The van der Waals surface area contributed by atoms with Crippen LogP contribution < -0.4 is 9.80 Å². The molecule has 1 aliphatic heterocycles. The van der Waals surface area contributed by atoms with Crippen LogP contribution >= 0.6 is 0 Å². The maximum atomic E-state index is 13.5. The summed E-state index contributed by atoms with van der Waals surface area (Å²) in [4.78, 5) is 24.6. The highest BCUT2D eigenvalue weighted by atomic mass is 19.1. The Balaban J connectivity index is 1.26. The lowest BCUT2D eigenvalue weighted by Crippen LogP contribution is -2.51. The molecule has 1 aromatic carbocycles. The van der Waals surface area contributed by atoms with Crippen LogP contribution in [0.3, 0.4) is 0 Å². The van der Waals surface area contributed by atoms with E-state index in [2.05, 4.69) is 20.0 Å². The fraction of sp³-hybridized carbons (Fsp3) is 0.407. The van der Waals surface area contributed by atoms with Crippen molar-refractivity contribution < 1.29 is 9.18 Å². The van der Waals surface area contributed by atoms with E-state index in [-0.39, 0.29) is 11.7 Å². The number of benzene rings is 1. The van der Waals surface area contributed by atoms with Gasteiger partial charge >= 0.3 is 0 Å². The molecular formula is C27H31FN6O. The van der Waals surface area contributed by atoms with Crippen molar-refractivity contribution in [2.24, 2.45) is 0 Å². The van der Waals surface area contributed by atoms with Crippen molar-refractivity contribution >= 4 is 17.4 Å². The molecule has 0 spiro atoms. The van der Waals surface area contributed by atoms with E-state index in [4.69, 9.17) is 4.98 Å². The molecule has 0 N–H and O–H groups in total. The van der Waals surface area contributed by atoms with Crippen molar-refractivity contribution in [3.8, 4) is 0 Å². The van der Waals surface area contributed by atoms with Gasteiger partial charge in [-0.15, -0.1) is 0 Å². The topological polar surface area (TPSA) is 65.5 Å². The highest BCUT2D eigenvalue weighted by Crippen LogP contribution is 2.25. The Morgan fingerprint density at radius 2 is 1.69 bits per heavy atom. The second kappa shape index (κ2) is 10.9. The minimum absolute atomic E-state index is 0.227. The summed E-state index contributed by atoms with van der Waals surface area (Å²) >= 11 is 0. The molecule has 0 bridgehead atoms. The molecule has 5 rings (SSSR count). The number of hydrogen-bond donors (Lipinski definition) is 0. The summed E-state index contributed by atoms with van der Waals surface area (Å²) in [6.45, 7) is 4.45. The second-order valence-corrected chi connectivity index (χ2v) is 9.34. The number of piperazine rings is 1. The van der Waals surface area contributed by atoms with Gasteiger partial charge < -0.3 is 9.80 Å². The number of hydrogen-bond acceptors (Lipinski definition) is 6. The molecule has 2 aliphatic rings. The molecule has 1 aliphatic carbocycles. The molecule has 2 aromatic heterocycles. The van der Waals surface area contributed by atoms with E-state index < -0.39 is 0 Å². The Hall–Kier alpha value is -3.39. The van der Waals surface area contributed by atoms with Crippen molar-refractivity contribution in [2.75, 3.05) is 36.0 Å². The third-order valence-electron chi connectivity index (χ3n) is 7.09. The molecule has 0 unspecified atom stereocenters. The Labute approximate surface area is 205 Å². The van der Waals surface area contributed by atoms with Crippen molar-refractivity contribution in [3.63, 3.8) is 0 Å². The van der Waals surface area contributed by atoms with Gasteiger partial charge in [-0.1, -0.05) is 25.3 Å². The number of carbonyl (C=O) groups excluding carboxylic acids is 1. The number of amides is 1. The predicted octanol–water partition coefficient (Wildman–Crippen LogP) is 4.31. The summed E-state index contributed by atoms with van der Waals surface area (Å²) in [6.07, 6.45) is 11.5. The summed E-state index contributed by atoms with van der Waals surface area (Å²) in [5, 5.41) is 7.58. The first kappa shape index (κ1) is 23.4. The van der Waals surface area contributed by atoms with E-state index in [0.29, 0.717) is 17.8 Å². The smallest absolute Gasteiger partial charge is 0.260 e. The van der Waals surface area contributed by atoms with Crippen LogP contribution in [0.5, 0.6) is 0 Å². The summed E-state index contributed by atoms with van der Waals surface area (Å²) < 4.78 is 13.5.